The van der Waals surface area contributed by atoms with Crippen molar-refractivity contribution < 1.29 is 13.2 Å². The SMILES string of the molecule is O=C(/C=C/c1ccccc1Br)c1ccc(S(=O)(=O)N2CCCC2)cc1. The lowest BCUT2D eigenvalue weighted by Gasteiger charge is -2.15. The van der Waals surface area contributed by atoms with E-state index >= 15 is 0 Å². The Labute approximate surface area is 156 Å². The third-order valence-corrected chi connectivity index (χ3v) is 6.80. The summed E-state index contributed by atoms with van der Waals surface area (Å²) >= 11 is 3.43. The molecule has 130 valence electrons. The van der Waals surface area contributed by atoms with E-state index in [1.54, 1.807) is 18.2 Å². The molecule has 1 saturated heterocycles. The highest BCUT2D eigenvalue weighted by Gasteiger charge is 2.26. The van der Waals surface area contributed by atoms with Gasteiger partial charge in [-0.1, -0.05) is 34.1 Å². The molecule has 0 spiro atoms. The quantitative estimate of drug-likeness (QED) is 0.540. The monoisotopic (exact) mass is 419 g/mol. The van der Waals surface area contributed by atoms with Crippen molar-refractivity contribution >= 4 is 37.8 Å². The maximum Gasteiger partial charge on any atom is 0.243 e. The van der Waals surface area contributed by atoms with Crippen LogP contribution in [-0.2, 0) is 10.0 Å². The zero-order valence-corrected chi connectivity index (χ0v) is 16.0. The van der Waals surface area contributed by atoms with E-state index in [1.807, 2.05) is 24.3 Å². The van der Waals surface area contributed by atoms with E-state index in [4.69, 9.17) is 0 Å². The number of carbonyl (C=O) groups excluding carboxylic acids is 1. The van der Waals surface area contributed by atoms with Crippen molar-refractivity contribution in [1.82, 2.24) is 4.31 Å². The highest BCUT2D eigenvalue weighted by atomic mass is 79.9. The molecule has 1 aliphatic heterocycles. The Kier molecular flexibility index (Phi) is 5.51. The molecule has 0 aliphatic carbocycles. The van der Waals surface area contributed by atoms with E-state index < -0.39 is 10.0 Å². The van der Waals surface area contributed by atoms with Crippen molar-refractivity contribution in [1.29, 1.82) is 0 Å². The normalized spacial score (nSPS) is 15.7. The number of allylic oxidation sites excluding steroid dienone is 1. The third-order valence-electron chi connectivity index (χ3n) is 4.16. The van der Waals surface area contributed by atoms with E-state index in [0.29, 0.717) is 18.7 Å². The van der Waals surface area contributed by atoms with E-state index in [1.165, 1.54) is 22.5 Å². The average molecular weight is 420 g/mol. The molecule has 2 aromatic carbocycles. The summed E-state index contributed by atoms with van der Waals surface area (Å²) in [4.78, 5) is 12.5. The lowest BCUT2D eigenvalue weighted by atomic mass is 10.1. The van der Waals surface area contributed by atoms with Crippen LogP contribution in [0.4, 0.5) is 0 Å². The number of hydrogen-bond donors (Lipinski definition) is 0. The summed E-state index contributed by atoms with van der Waals surface area (Å²) in [7, 11) is -3.44. The molecule has 0 saturated carbocycles. The van der Waals surface area contributed by atoms with Gasteiger partial charge >= 0.3 is 0 Å². The molecule has 0 N–H and O–H groups in total. The zero-order chi connectivity index (χ0) is 17.9. The lowest BCUT2D eigenvalue weighted by Crippen LogP contribution is -2.27. The lowest BCUT2D eigenvalue weighted by molar-refractivity contribution is 0.104. The minimum atomic E-state index is -3.44. The number of halogens is 1. The van der Waals surface area contributed by atoms with Crippen LogP contribution in [0, 0.1) is 0 Å². The first-order chi connectivity index (χ1) is 12.0. The molecule has 4 nitrogen and oxygen atoms in total. The van der Waals surface area contributed by atoms with Crippen LogP contribution < -0.4 is 0 Å². The highest BCUT2D eigenvalue weighted by molar-refractivity contribution is 9.10. The van der Waals surface area contributed by atoms with Gasteiger partial charge in [0.15, 0.2) is 5.78 Å². The molecule has 2 aromatic rings. The second-order valence-corrected chi connectivity index (χ2v) is 8.65. The van der Waals surface area contributed by atoms with Gasteiger partial charge in [-0.2, -0.15) is 4.31 Å². The fourth-order valence-electron chi connectivity index (χ4n) is 2.74. The smallest absolute Gasteiger partial charge is 0.243 e. The second-order valence-electron chi connectivity index (χ2n) is 5.85. The Hall–Kier alpha value is -1.76. The number of benzene rings is 2. The van der Waals surface area contributed by atoms with Crippen LogP contribution in [0.2, 0.25) is 0 Å². The van der Waals surface area contributed by atoms with Gasteiger partial charge < -0.3 is 0 Å². The van der Waals surface area contributed by atoms with Crippen molar-refractivity contribution in [2.75, 3.05) is 13.1 Å². The zero-order valence-electron chi connectivity index (χ0n) is 13.6. The molecule has 0 bridgehead atoms. The first-order valence-electron chi connectivity index (χ1n) is 8.05. The molecule has 0 amide bonds. The van der Waals surface area contributed by atoms with Gasteiger partial charge in [0.2, 0.25) is 10.0 Å². The van der Waals surface area contributed by atoms with Crippen LogP contribution >= 0.6 is 15.9 Å². The van der Waals surface area contributed by atoms with E-state index in [9.17, 15) is 13.2 Å². The molecule has 3 rings (SSSR count). The fraction of sp³-hybridized carbons (Fsp3) is 0.211. The van der Waals surface area contributed by atoms with Gasteiger partial charge in [-0.25, -0.2) is 8.42 Å². The predicted molar refractivity (Wildman–Crippen MR) is 102 cm³/mol. The van der Waals surface area contributed by atoms with Crippen LogP contribution in [-0.4, -0.2) is 31.6 Å². The largest absolute Gasteiger partial charge is 0.289 e. The van der Waals surface area contributed by atoms with Gasteiger partial charge in [0.1, 0.15) is 0 Å². The van der Waals surface area contributed by atoms with Crippen LogP contribution in [0.3, 0.4) is 0 Å². The van der Waals surface area contributed by atoms with Crippen molar-refractivity contribution in [3.63, 3.8) is 0 Å². The van der Waals surface area contributed by atoms with Crippen LogP contribution in [0.15, 0.2) is 64.0 Å². The molecule has 0 atom stereocenters. The maximum atomic E-state index is 12.5. The molecule has 6 heteroatoms. The summed E-state index contributed by atoms with van der Waals surface area (Å²) < 4.78 is 27.4. The average Bonchev–Trinajstić information content (AvgIpc) is 3.16. The summed E-state index contributed by atoms with van der Waals surface area (Å²) in [5, 5.41) is 0. The number of ketones is 1. The molecule has 1 heterocycles. The van der Waals surface area contributed by atoms with Gasteiger partial charge in [-0.15, -0.1) is 0 Å². The van der Waals surface area contributed by atoms with Gasteiger partial charge in [0.25, 0.3) is 0 Å². The predicted octanol–water partition coefficient (Wildman–Crippen LogP) is 4.13. The van der Waals surface area contributed by atoms with E-state index in [2.05, 4.69) is 15.9 Å². The Balaban J connectivity index is 1.76. The summed E-state index contributed by atoms with van der Waals surface area (Å²) in [5.41, 5.74) is 1.37. The molecule has 0 radical (unpaired) electrons. The van der Waals surface area contributed by atoms with Crippen molar-refractivity contribution in [3.8, 4) is 0 Å². The standard InChI is InChI=1S/C19H18BrNO3S/c20-18-6-2-1-5-15(18)9-12-19(22)16-7-10-17(11-8-16)25(23,24)21-13-3-4-14-21/h1-2,5-12H,3-4,13-14H2/b12-9+. The minimum Gasteiger partial charge on any atom is -0.289 e. The van der Waals surface area contributed by atoms with Crippen molar-refractivity contribution in [2.45, 2.75) is 17.7 Å². The molecular weight excluding hydrogens is 402 g/mol. The highest BCUT2D eigenvalue weighted by Crippen LogP contribution is 2.22. The summed E-state index contributed by atoms with van der Waals surface area (Å²) in [6, 6.07) is 13.8. The van der Waals surface area contributed by atoms with Crippen molar-refractivity contribution in [2.24, 2.45) is 0 Å². The van der Waals surface area contributed by atoms with Gasteiger partial charge in [0, 0.05) is 23.1 Å². The number of rotatable bonds is 5. The Bertz CT molecular complexity index is 899. The molecular formula is C19H18BrNO3S. The van der Waals surface area contributed by atoms with Gasteiger partial charge in [0.05, 0.1) is 4.90 Å². The number of nitrogens with zero attached hydrogens (tertiary/aromatic N) is 1. The van der Waals surface area contributed by atoms with Gasteiger partial charge in [-0.05, 0) is 60.9 Å². The van der Waals surface area contributed by atoms with Crippen LogP contribution in [0.5, 0.6) is 0 Å². The Morgan fingerprint density at radius 3 is 2.28 bits per heavy atom. The first-order valence-corrected chi connectivity index (χ1v) is 10.3. The molecule has 0 unspecified atom stereocenters. The molecule has 1 fully saturated rings. The summed E-state index contributed by atoms with van der Waals surface area (Å²) in [6.07, 6.45) is 5.02. The first kappa shape index (κ1) is 18.0. The Morgan fingerprint density at radius 2 is 1.64 bits per heavy atom. The molecule has 0 aromatic heterocycles. The minimum absolute atomic E-state index is 0.166. The van der Waals surface area contributed by atoms with Crippen molar-refractivity contribution in [3.05, 3.63) is 70.2 Å². The summed E-state index contributed by atoms with van der Waals surface area (Å²) in [6.45, 7) is 1.13. The van der Waals surface area contributed by atoms with Crippen LogP contribution in [0.1, 0.15) is 28.8 Å². The third kappa shape index (κ3) is 4.08. The molecule has 25 heavy (non-hydrogen) atoms. The Morgan fingerprint density at radius 1 is 1.00 bits per heavy atom. The topological polar surface area (TPSA) is 54.5 Å². The summed E-state index contributed by atoms with van der Waals surface area (Å²) in [5.74, 6) is -0.166. The van der Waals surface area contributed by atoms with E-state index in [-0.39, 0.29) is 10.7 Å². The molecule has 1 aliphatic rings. The number of sulfonamides is 1. The van der Waals surface area contributed by atoms with Gasteiger partial charge in [-0.3, -0.25) is 4.79 Å². The van der Waals surface area contributed by atoms with E-state index in [0.717, 1.165) is 22.9 Å². The number of hydrogen-bond acceptors (Lipinski definition) is 3. The van der Waals surface area contributed by atoms with Crippen LogP contribution in [0.25, 0.3) is 6.08 Å². The fourth-order valence-corrected chi connectivity index (χ4v) is 4.67. The number of carbonyl (C=O) groups is 1. The second kappa shape index (κ2) is 7.64. The maximum absolute atomic E-state index is 12.5.